The van der Waals surface area contributed by atoms with Gasteiger partial charge in [-0.1, -0.05) is 59.1 Å². The fraction of sp³-hybridized carbons (Fsp3) is 0.0625. The van der Waals surface area contributed by atoms with E-state index in [-0.39, 0.29) is 0 Å². The van der Waals surface area contributed by atoms with Gasteiger partial charge in [0.05, 0.1) is 17.8 Å². The molecular weight excluding hydrogens is 387 g/mol. The minimum atomic E-state index is 0.455. The van der Waals surface area contributed by atoms with E-state index in [1.165, 1.54) is 4.68 Å². The van der Waals surface area contributed by atoms with E-state index < -0.39 is 0 Å². The molecule has 122 valence electrons. The van der Waals surface area contributed by atoms with Crippen molar-refractivity contribution in [3.8, 4) is 0 Å². The van der Waals surface area contributed by atoms with Gasteiger partial charge in [0.2, 0.25) is 4.77 Å². The van der Waals surface area contributed by atoms with Crippen molar-refractivity contribution in [2.45, 2.75) is 6.54 Å². The summed E-state index contributed by atoms with van der Waals surface area (Å²) in [5, 5.41) is 10.3. The summed E-state index contributed by atoms with van der Waals surface area (Å²) in [7, 11) is 0. The number of halogens is 3. The van der Waals surface area contributed by atoms with E-state index in [9.17, 15) is 0 Å². The van der Waals surface area contributed by atoms with Crippen LogP contribution in [0.3, 0.4) is 0 Å². The predicted octanol–water partition coefficient (Wildman–Crippen LogP) is 5.30. The Balaban J connectivity index is 1.84. The zero-order valence-corrected chi connectivity index (χ0v) is 15.3. The minimum Gasteiger partial charge on any atom is -0.232 e. The molecule has 1 aromatic heterocycles. The van der Waals surface area contributed by atoms with Crippen molar-refractivity contribution in [2.75, 3.05) is 0 Å². The molecule has 0 bridgehead atoms. The molecule has 4 nitrogen and oxygen atoms in total. The standard InChI is InChI=1S/C16H11Cl3N4S/c17-13-6-5-11(15(19)7-13)8-20-23-10-21-22(16(23)24)9-12-3-1-2-4-14(12)18/h1-8,10H,9H2. The van der Waals surface area contributed by atoms with Gasteiger partial charge in [0.1, 0.15) is 6.33 Å². The lowest BCUT2D eigenvalue weighted by Gasteiger charge is -2.03. The van der Waals surface area contributed by atoms with E-state index in [2.05, 4.69) is 10.2 Å². The Morgan fingerprint density at radius 1 is 1.08 bits per heavy atom. The summed E-state index contributed by atoms with van der Waals surface area (Å²) in [4.78, 5) is 0. The Kier molecular flexibility index (Phi) is 5.36. The number of aromatic nitrogens is 3. The first-order valence-corrected chi connectivity index (χ1v) is 8.46. The molecule has 0 aliphatic rings. The van der Waals surface area contributed by atoms with Gasteiger partial charge in [-0.05, 0) is 36.0 Å². The molecule has 0 atom stereocenters. The normalized spacial score (nSPS) is 11.3. The summed E-state index contributed by atoms with van der Waals surface area (Å²) in [5.41, 5.74) is 1.67. The Labute approximate surface area is 158 Å². The molecule has 0 spiro atoms. The average Bonchev–Trinajstić information content (AvgIpc) is 2.89. The third-order valence-electron chi connectivity index (χ3n) is 3.28. The van der Waals surface area contributed by atoms with Gasteiger partial charge in [-0.2, -0.15) is 14.9 Å². The molecule has 2 aromatic carbocycles. The number of nitrogens with zero attached hydrogens (tertiary/aromatic N) is 4. The highest BCUT2D eigenvalue weighted by Crippen LogP contribution is 2.19. The van der Waals surface area contributed by atoms with Gasteiger partial charge in [0.25, 0.3) is 0 Å². The second kappa shape index (κ2) is 7.49. The monoisotopic (exact) mass is 396 g/mol. The molecule has 0 saturated carbocycles. The summed E-state index contributed by atoms with van der Waals surface area (Å²) in [6, 6.07) is 12.7. The van der Waals surface area contributed by atoms with E-state index in [4.69, 9.17) is 47.0 Å². The number of hydrogen-bond acceptors (Lipinski definition) is 3. The van der Waals surface area contributed by atoms with Crippen LogP contribution in [-0.4, -0.2) is 20.7 Å². The van der Waals surface area contributed by atoms with Crippen molar-refractivity contribution >= 4 is 53.2 Å². The molecule has 0 N–H and O–H groups in total. The van der Waals surface area contributed by atoms with Crippen LogP contribution in [0.5, 0.6) is 0 Å². The number of hydrogen-bond donors (Lipinski definition) is 0. The molecule has 0 aliphatic heterocycles. The van der Waals surface area contributed by atoms with Crippen molar-refractivity contribution in [1.29, 1.82) is 0 Å². The molecule has 24 heavy (non-hydrogen) atoms. The van der Waals surface area contributed by atoms with E-state index in [0.29, 0.717) is 26.4 Å². The summed E-state index contributed by atoms with van der Waals surface area (Å²) in [6.07, 6.45) is 3.15. The van der Waals surface area contributed by atoms with Crippen LogP contribution in [0.4, 0.5) is 0 Å². The molecule has 3 aromatic rings. The quantitative estimate of drug-likeness (QED) is 0.442. The van der Waals surface area contributed by atoms with Crippen LogP contribution in [0.25, 0.3) is 0 Å². The molecule has 1 heterocycles. The number of rotatable bonds is 4. The Morgan fingerprint density at radius 3 is 2.62 bits per heavy atom. The van der Waals surface area contributed by atoms with Crippen LogP contribution in [0.2, 0.25) is 15.1 Å². The molecule has 3 rings (SSSR count). The smallest absolute Gasteiger partial charge is 0.219 e. The van der Waals surface area contributed by atoms with Gasteiger partial charge in [0.15, 0.2) is 0 Å². The van der Waals surface area contributed by atoms with Gasteiger partial charge in [-0.25, -0.2) is 4.68 Å². The van der Waals surface area contributed by atoms with Crippen LogP contribution in [0, 0.1) is 4.77 Å². The maximum atomic E-state index is 6.17. The Morgan fingerprint density at radius 2 is 1.88 bits per heavy atom. The lowest BCUT2D eigenvalue weighted by molar-refractivity contribution is 0.666. The first kappa shape index (κ1) is 17.2. The highest BCUT2D eigenvalue weighted by molar-refractivity contribution is 7.71. The first-order chi connectivity index (χ1) is 11.5. The van der Waals surface area contributed by atoms with Crippen LogP contribution in [0.15, 0.2) is 53.9 Å². The van der Waals surface area contributed by atoms with Crippen molar-refractivity contribution < 1.29 is 0 Å². The van der Waals surface area contributed by atoms with Crippen LogP contribution in [0.1, 0.15) is 11.1 Å². The Hall–Kier alpha value is -1.66. The van der Waals surface area contributed by atoms with Crippen molar-refractivity contribution in [3.05, 3.63) is 79.8 Å². The van der Waals surface area contributed by atoms with E-state index in [1.807, 2.05) is 24.3 Å². The first-order valence-electron chi connectivity index (χ1n) is 6.92. The lowest BCUT2D eigenvalue weighted by atomic mass is 10.2. The molecule has 0 fully saturated rings. The molecule has 0 aliphatic carbocycles. The van der Waals surface area contributed by atoms with Crippen molar-refractivity contribution in [3.63, 3.8) is 0 Å². The summed E-state index contributed by atoms with van der Waals surface area (Å²) in [5.74, 6) is 0. The van der Waals surface area contributed by atoms with Gasteiger partial charge in [-0.3, -0.25) is 0 Å². The molecule has 0 saturated heterocycles. The second-order valence-corrected chi connectivity index (χ2v) is 6.53. The third-order valence-corrected chi connectivity index (χ3v) is 4.61. The Bertz CT molecular complexity index is 962. The van der Waals surface area contributed by atoms with Gasteiger partial charge in [0, 0.05) is 15.6 Å². The van der Waals surface area contributed by atoms with Crippen molar-refractivity contribution in [1.82, 2.24) is 14.5 Å². The zero-order valence-electron chi connectivity index (χ0n) is 12.2. The molecule has 0 radical (unpaired) electrons. The fourth-order valence-corrected chi connectivity index (χ4v) is 2.89. The zero-order chi connectivity index (χ0) is 17.1. The molecule has 0 unspecified atom stereocenters. The van der Waals surface area contributed by atoms with Gasteiger partial charge in [-0.15, -0.1) is 0 Å². The predicted molar refractivity (Wildman–Crippen MR) is 101 cm³/mol. The van der Waals surface area contributed by atoms with E-state index in [0.717, 1.165) is 11.1 Å². The SMILES string of the molecule is S=c1n(N=Cc2ccc(Cl)cc2Cl)cnn1Cc1ccccc1Cl. The largest absolute Gasteiger partial charge is 0.232 e. The summed E-state index contributed by atoms with van der Waals surface area (Å²) >= 11 is 23.6. The number of benzene rings is 2. The molecule has 0 amide bonds. The average molecular weight is 398 g/mol. The lowest BCUT2D eigenvalue weighted by Crippen LogP contribution is -2.03. The molecular formula is C16H11Cl3N4S. The van der Waals surface area contributed by atoms with Crippen LogP contribution >= 0.6 is 47.0 Å². The summed E-state index contributed by atoms with van der Waals surface area (Å²) < 4.78 is 3.60. The second-order valence-electron chi connectivity index (χ2n) is 4.92. The fourth-order valence-electron chi connectivity index (χ4n) is 2.03. The maximum absolute atomic E-state index is 6.17. The third kappa shape index (κ3) is 3.87. The minimum absolute atomic E-state index is 0.455. The van der Waals surface area contributed by atoms with E-state index in [1.54, 1.807) is 35.4 Å². The summed E-state index contributed by atoms with van der Waals surface area (Å²) in [6.45, 7) is 0.475. The van der Waals surface area contributed by atoms with Gasteiger partial charge < -0.3 is 0 Å². The highest BCUT2D eigenvalue weighted by Gasteiger charge is 2.05. The van der Waals surface area contributed by atoms with Crippen LogP contribution < -0.4 is 0 Å². The molecule has 8 heteroatoms. The van der Waals surface area contributed by atoms with E-state index >= 15 is 0 Å². The highest BCUT2D eigenvalue weighted by atomic mass is 35.5. The topological polar surface area (TPSA) is 35.1 Å². The maximum Gasteiger partial charge on any atom is 0.219 e. The van der Waals surface area contributed by atoms with Crippen molar-refractivity contribution in [2.24, 2.45) is 5.10 Å². The van der Waals surface area contributed by atoms with Crippen LogP contribution in [-0.2, 0) is 6.54 Å². The van der Waals surface area contributed by atoms with Gasteiger partial charge >= 0.3 is 0 Å².